The number of benzene rings is 1. The fourth-order valence-electron chi connectivity index (χ4n) is 3.51. The number of aromatic nitrogens is 2. The summed E-state index contributed by atoms with van der Waals surface area (Å²) in [5.41, 5.74) is 13.5. The van der Waals surface area contributed by atoms with Crippen molar-refractivity contribution in [2.75, 3.05) is 45.2 Å². The molecule has 0 bridgehead atoms. The molecule has 2 aromatic rings. The molecule has 0 unspecified atom stereocenters. The number of anilines is 2. The summed E-state index contributed by atoms with van der Waals surface area (Å²) < 4.78 is 0.774. The van der Waals surface area contributed by atoms with E-state index >= 15 is 0 Å². The number of rotatable bonds is 13. The second-order valence-electron chi connectivity index (χ2n) is 9.14. The average Bonchev–Trinajstić information content (AvgIpc) is 2.74. The summed E-state index contributed by atoms with van der Waals surface area (Å²) in [5.74, 6) is -0.157. The molecule has 33 heavy (non-hydrogen) atoms. The molecule has 0 saturated heterocycles. The largest absolute Gasteiger partial charge is 0.382 e. The summed E-state index contributed by atoms with van der Waals surface area (Å²) in [5, 5.41) is 2.78. The van der Waals surface area contributed by atoms with Gasteiger partial charge in [0.25, 0.3) is 5.91 Å². The molecule has 1 aromatic heterocycles. The Kier molecular flexibility index (Phi) is 10.1. The van der Waals surface area contributed by atoms with Crippen molar-refractivity contribution in [3.05, 3.63) is 46.2 Å². The Balaban J connectivity index is 1.60. The fraction of sp³-hybridized carbons (Fsp3) is 0.500. The van der Waals surface area contributed by atoms with Gasteiger partial charge in [-0.25, -0.2) is 9.97 Å². The van der Waals surface area contributed by atoms with Crippen molar-refractivity contribution >= 4 is 34.9 Å². The third kappa shape index (κ3) is 9.35. The predicted molar refractivity (Wildman–Crippen MR) is 133 cm³/mol. The first-order valence-electron chi connectivity index (χ1n) is 11.3. The number of amides is 1. The van der Waals surface area contributed by atoms with Gasteiger partial charge < -0.3 is 21.3 Å². The highest BCUT2D eigenvalue weighted by molar-refractivity contribution is 6.31. The standard InChI is InChI=1S/C24H35ClN6O2/c1-17-9-11-18(12-10-17)16-19(32)8-6-4-5-7-14-31(2,3)15-13-28-24(33)20-22(26)30-23(27)21(25)29-20/h9-12H,4-8,13-16H2,1-3H3,(H4-,26,27,28,30,33)/p+1. The van der Waals surface area contributed by atoms with E-state index in [0.29, 0.717) is 25.2 Å². The minimum absolute atomic E-state index is 0.000787. The van der Waals surface area contributed by atoms with Crippen LogP contribution in [0.15, 0.2) is 24.3 Å². The highest BCUT2D eigenvalue weighted by atomic mass is 35.5. The molecule has 9 heteroatoms. The van der Waals surface area contributed by atoms with Gasteiger partial charge in [0.15, 0.2) is 22.5 Å². The molecule has 0 aliphatic rings. The zero-order valence-corrected chi connectivity index (χ0v) is 20.6. The van der Waals surface area contributed by atoms with Crippen LogP contribution in [0.2, 0.25) is 5.15 Å². The number of unbranched alkanes of at least 4 members (excludes halogenated alkanes) is 3. The van der Waals surface area contributed by atoms with Crippen molar-refractivity contribution < 1.29 is 14.1 Å². The minimum Gasteiger partial charge on any atom is -0.382 e. The molecule has 0 radical (unpaired) electrons. The zero-order chi connectivity index (χ0) is 24.4. The van der Waals surface area contributed by atoms with Gasteiger partial charge >= 0.3 is 0 Å². The zero-order valence-electron chi connectivity index (χ0n) is 19.9. The first-order chi connectivity index (χ1) is 15.6. The van der Waals surface area contributed by atoms with Crippen molar-refractivity contribution in [1.82, 2.24) is 15.3 Å². The van der Waals surface area contributed by atoms with Gasteiger partial charge in [0, 0.05) is 12.8 Å². The Morgan fingerprint density at radius 1 is 0.970 bits per heavy atom. The molecule has 2 rings (SSSR count). The summed E-state index contributed by atoms with van der Waals surface area (Å²) in [4.78, 5) is 32.2. The first kappa shape index (κ1) is 26.5. The molecular formula is C24H36ClN6O2+. The summed E-state index contributed by atoms with van der Waals surface area (Å²) >= 11 is 5.83. The molecular weight excluding hydrogens is 440 g/mol. The normalized spacial score (nSPS) is 11.4. The number of likely N-dealkylation sites (N-methyl/N-ethyl adjacent to an activating group) is 1. The van der Waals surface area contributed by atoms with Crippen LogP contribution >= 0.6 is 11.6 Å². The van der Waals surface area contributed by atoms with Gasteiger partial charge in [0.05, 0.1) is 33.7 Å². The number of ketones is 1. The number of nitrogens with zero attached hydrogens (tertiary/aromatic N) is 3. The molecule has 1 aromatic carbocycles. The van der Waals surface area contributed by atoms with Gasteiger partial charge in [0.1, 0.15) is 5.78 Å². The smallest absolute Gasteiger partial charge is 0.273 e. The van der Waals surface area contributed by atoms with E-state index in [1.165, 1.54) is 5.56 Å². The number of carbonyl (C=O) groups is 2. The Labute approximate surface area is 201 Å². The van der Waals surface area contributed by atoms with E-state index in [2.05, 4.69) is 29.4 Å². The second-order valence-corrected chi connectivity index (χ2v) is 9.50. The van der Waals surface area contributed by atoms with Crippen molar-refractivity contribution in [1.29, 1.82) is 0 Å². The molecule has 180 valence electrons. The van der Waals surface area contributed by atoms with Gasteiger partial charge in [-0.3, -0.25) is 9.59 Å². The van der Waals surface area contributed by atoms with Gasteiger partial charge in [-0.15, -0.1) is 0 Å². The number of Topliss-reactive ketones (excluding diaryl/α,β-unsaturated/α-hetero) is 1. The average molecular weight is 476 g/mol. The highest BCUT2D eigenvalue weighted by Crippen LogP contribution is 2.17. The van der Waals surface area contributed by atoms with Crippen LogP contribution in [0.5, 0.6) is 0 Å². The van der Waals surface area contributed by atoms with Crippen molar-refractivity contribution in [3.63, 3.8) is 0 Å². The summed E-state index contributed by atoms with van der Waals surface area (Å²) in [6, 6.07) is 8.15. The maximum absolute atomic E-state index is 12.3. The van der Waals surface area contributed by atoms with E-state index in [-0.39, 0.29) is 22.5 Å². The molecule has 1 heterocycles. The number of nitrogen functional groups attached to an aromatic ring is 2. The third-order valence-corrected chi connectivity index (χ3v) is 5.89. The molecule has 0 atom stereocenters. The first-order valence-corrected chi connectivity index (χ1v) is 11.7. The van der Waals surface area contributed by atoms with Gasteiger partial charge in [-0.2, -0.15) is 0 Å². The SMILES string of the molecule is Cc1ccc(CC(=O)CCCCCC[N+](C)(C)CCNC(=O)c2nc(Cl)c(N)nc2N)cc1. The summed E-state index contributed by atoms with van der Waals surface area (Å²) in [6.07, 6.45) is 5.29. The van der Waals surface area contributed by atoms with E-state index < -0.39 is 5.91 Å². The van der Waals surface area contributed by atoms with Gasteiger partial charge in [-0.1, -0.05) is 47.9 Å². The topological polar surface area (TPSA) is 124 Å². The molecule has 0 aliphatic carbocycles. The van der Waals surface area contributed by atoms with Crippen LogP contribution in [-0.2, 0) is 11.2 Å². The third-order valence-electron chi connectivity index (χ3n) is 5.61. The van der Waals surface area contributed by atoms with Crippen LogP contribution in [0.3, 0.4) is 0 Å². The lowest BCUT2D eigenvalue weighted by Gasteiger charge is -2.30. The molecule has 0 aliphatic heterocycles. The van der Waals surface area contributed by atoms with Crippen molar-refractivity contribution in [3.8, 4) is 0 Å². The maximum Gasteiger partial charge on any atom is 0.273 e. The predicted octanol–water partition coefficient (Wildman–Crippen LogP) is 3.17. The Morgan fingerprint density at radius 3 is 2.33 bits per heavy atom. The summed E-state index contributed by atoms with van der Waals surface area (Å²) in [6.45, 7) is 4.27. The number of nitrogens with two attached hydrogens (primary N) is 2. The number of hydrogen-bond donors (Lipinski definition) is 3. The molecule has 8 nitrogen and oxygen atoms in total. The van der Waals surface area contributed by atoms with E-state index in [9.17, 15) is 9.59 Å². The number of nitrogens with one attached hydrogen (secondary N) is 1. The van der Waals surface area contributed by atoms with Crippen LogP contribution in [0.4, 0.5) is 11.6 Å². The number of quaternary nitrogens is 1. The van der Waals surface area contributed by atoms with Crippen LogP contribution in [0, 0.1) is 6.92 Å². The van der Waals surface area contributed by atoms with E-state index in [0.717, 1.165) is 48.8 Å². The molecule has 5 N–H and O–H groups in total. The van der Waals surface area contributed by atoms with Crippen LogP contribution in [-0.4, -0.2) is 59.9 Å². The quantitative estimate of drug-likeness (QED) is 0.302. The fourth-order valence-corrected chi connectivity index (χ4v) is 3.64. The number of carbonyl (C=O) groups excluding carboxylic acids is 2. The summed E-state index contributed by atoms with van der Waals surface area (Å²) in [7, 11) is 4.26. The van der Waals surface area contributed by atoms with Crippen LogP contribution < -0.4 is 16.8 Å². The number of aryl methyl sites for hydroxylation is 1. The van der Waals surface area contributed by atoms with E-state index in [4.69, 9.17) is 23.1 Å². The monoisotopic (exact) mass is 475 g/mol. The molecule has 0 fully saturated rings. The molecule has 0 saturated carbocycles. The lowest BCUT2D eigenvalue weighted by atomic mass is 10.0. The minimum atomic E-state index is -0.419. The van der Waals surface area contributed by atoms with E-state index in [1.807, 2.05) is 31.2 Å². The maximum atomic E-state index is 12.3. The van der Waals surface area contributed by atoms with Gasteiger partial charge in [-0.05, 0) is 31.7 Å². The van der Waals surface area contributed by atoms with Crippen LogP contribution in [0.25, 0.3) is 0 Å². The second kappa shape index (κ2) is 12.5. The number of halogens is 1. The van der Waals surface area contributed by atoms with Crippen LogP contribution in [0.1, 0.15) is 53.7 Å². The molecule has 0 spiro atoms. The Bertz CT molecular complexity index is 947. The van der Waals surface area contributed by atoms with Crippen molar-refractivity contribution in [2.45, 2.75) is 45.4 Å². The Hall–Kier alpha value is -2.71. The lowest BCUT2D eigenvalue weighted by Crippen LogP contribution is -2.46. The lowest BCUT2D eigenvalue weighted by molar-refractivity contribution is -0.889. The van der Waals surface area contributed by atoms with Gasteiger partial charge in [0.2, 0.25) is 0 Å². The number of hydrogen-bond acceptors (Lipinski definition) is 6. The van der Waals surface area contributed by atoms with E-state index in [1.54, 1.807) is 0 Å². The van der Waals surface area contributed by atoms with Crippen molar-refractivity contribution in [2.24, 2.45) is 0 Å². The Morgan fingerprint density at radius 2 is 1.64 bits per heavy atom. The molecule has 1 amide bonds. The highest BCUT2D eigenvalue weighted by Gasteiger charge is 2.18.